The van der Waals surface area contributed by atoms with Crippen LogP contribution in [0.3, 0.4) is 0 Å². The summed E-state index contributed by atoms with van der Waals surface area (Å²) in [5.74, 6) is 1.28. The van der Waals surface area contributed by atoms with Gasteiger partial charge in [0.2, 0.25) is 0 Å². The lowest BCUT2D eigenvalue weighted by Crippen LogP contribution is -2.36. The summed E-state index contributed by atoms with van der Waals surface area (Å²) in [6.07, 6.45) is 12.3. The molecule has 1 fully saturated rings. The van der Waals surface area contributed by atoms with Gasteiger partial charge in [-0.15, -0.1) is 0 Å². The Morgan fingerprint density at radius 3 is 2.40 bits per heavy atom. The molecule has 3 heteroatoms. The first-order chi connectivity index (χ1) is 12.3. The van der Waals surface area contributed by atoms with Crippen LogP contribution in [-0.2, 0) is 5.60 Å². The third-order valence-corrected chi connectivity index (χ3v) is 5.42. The van der Waals surface area contributed by atoms with E-state index in [0.717, 1.165) is 43.4 Å². The van der Waals surface area contributed by atoms with Gasteiger partial charge in [0.05, 0.1) is 12.2 Å². The van der Waals surface area contributed by atoms with Crippen molar-refractivity contribution in [2.45, 2.75) is 57.0 Å². The Morgan fingerprint density at radius 1 is 0.960 bits per heavy atom. The van der Waals surface area contributed by atoms with Gasteiger partial charge in [0.25, 0.3) is 0 Å². The van der Waals surface area contributed by atoms with Crippen LogP contribution < -0.4 is 4.74 Å². The van der Waals surface area contributed by atoms with Crippen LogP contribution in [0, 0.1) is 5.92 Å². The first kappa shape index (κ1) is 17.9. The quantitative estimate of drug-likeness (QED) is 0.680. The van der Waals surface area contributed by atoms with E-state index in [1.54, 1.807) is 12.4 Å². The second-order valence-corrected chi connectivity index (χ2v) is 7.11. The van der Waals surface area contributed by atoms with Crippen LogP contribution in [0.4, 0.5) is 0 Å². The second-order valence-electron chi connectivity index (χ2n) is 7.11. The van der Waals surface area contributed by atoms with Gasteiger partial charge in [-0.05, 0) is 67.9 Å². The zero-order valence-electron chi connectivity index (χ0n) is 14.9. The molecule has 3 nitrogen and oxygen atoms in total. The highest BCUT2D eigenvalue weighted by Gasteiger charge is 2.38. The Balaban J connectivity index is 1.56. The molecule has 0 spiro atoms. The molecule has 1 aromatic heterocycles. The zero-order chi connectivity index (χ0) is 17.4. The van der Waals surface area contributed by atoms with Crippen molar-refractivity contribution >= 4 is 0 Å². The van der Waals surface area contributed by atoms with E-state index in [-0.39, 0.29) is 0 Å². The van der Waals surface area contributed by atoms with Gasteiger partial charge in [0, 0.05) is 12.4 Å². The van der Waals surface area contributed by atoms with E-state index in [0.29, 0.717) is 12.5 Å². The molecule has 1 aromatic carbocycles. The summed E-state index contributed by atoms with van der Waals surface area (Å²) in [6.45, 7) is 0.696. The Labute approximate surface area is 151 Å². The van der Waals surface area contributed by atoms with Gasteiger partial charge in [-0.1, -0.05) is 37.5 Å². The molecule has 1 unspecified atom stereocenters. The fraction of sp³-hybridized carbons (Fsp3) is 0.500. The number of aliphatic hydroxyl groups is 1. The summed E-state index contributed by atoms with van der Waals surface area (Å²) in [4.78, 5) is 4.12. The maximum Gasteiger partial charge on any atom is 0.119 e. The number of aromatic nitrogens is 1. The number of benzene rings is 1. The largest absolute Gasteiger partial charge is 0.494 e. The third-order valence-electron chi connectivity index (χ3n) is 5.42. The number of nitrogens with zero attached hydrogens (tertiary/aromatic N) is 1. The smallest absolute Gasteiger partial charge is 0.119 e. The minimum absolute atomic E-state index is 0.360. The minimum Gasteiger partial charge on any atom is -0.494 e. The molecule has 2 aromatic rings. The van der Waals surface area contributed by atoms with E-state index in [2.05, 4.69) is 4.98 Å². The Bertz CT molecular complexity index is 610. The molecule has 1 heterocycles. The van der Waals surface area contributed by atoms with Gasteiger partial charge in [0.1, 0.15) is 5.75 Å². The number of ether oxygens (including phenoxy) is 1. The minimum atomic E-state index is -0.726. The molecular weight excluding hydrogens is 310 g/mol. The highest BCUT2D eigenvalue weighted by Crippen LogP contribution is 2.42. The highest BCUT2D eigenvalue weighted by atomic mass is 16.5. The van der Waals surface area contributed by atoms with E-state index >= 15 is 0 Å². The second kappa shape index (κ2) is 9.00. The van der Waals surface area contributed by atoms with E-state index < -0.39 is 5.60 Å². The molecule has 0 bridgehead atoms. The van der Waals surface area contributed by atoms with E-state index in [1.165, 1.54) is 19.3 Å². The monoisotopic (exact) mass is 339 g/mol. The summed E-state index contributed by atoms with van der Waals surface area (Å²) in [5.41, 5.74) is 0.300. The molecule has 134 valence electrons. The lowest BCUT2D eigenvalue weighted by Gasteiger charge is -2.39. The molecule has 1 N–H and O–H groups in total. The van der Waals surface area contributed by atoms with E-state index in [9.17, 15) is 5.11 Å². The average Bonchev–Trinajstić information content (AvgIpc) is 2.70. The lowest BCUT2D eigenvalue weighted by atomic mass is 9.71. The maximum absolute atomic E-state index is 11.6. The summed E-state index contributed by atoms with van der Waals surface area (Å²) >= 11 is 0. The Kier molecular flexibility index (Phi) is 6.46. The van der Waals surface area contributed by atoms with Crippen LogP contribution in [0.15, 0.2) is 54.9 Å². The van der Waals surface area contributed by atoms with Gasteiger partial charge in [-0.25, -0.2) is 0 Å². The normalized spacial score (nSPS) is 17.8. The molecule has 25 heavy (non-hydrogen) atoms. The molecule has 0 radical (unpaired) electrons. The number of rotatable bonds is 8. The fourth-order valence-corrected chi connectivity index (χ4v) is 4.01. The molecule has 1 aliphatic rings. The molecular formula is C22H29NO2. The van der Waals surface area contributed by atoms with Crippen molar-refractivity contribution in [3.8, 4) is 5.75 Å². The number of hydrogen-bond acceptors (Lipinski definition) is 3. The number of unbranched alkanes of at least 4 members (excludes halogenated alkanes) is 1. The predicted molar refractivity (Wildman–Crippen MR) is 100 cm³/mol. The summed E-state index contributed by atoms with van der Waals surface area (Å²) in [6, 6.07) is 13.9. The van der Waals surface area contributed by atoms with Crippen molar-refractivity contribution in [3.05, 3.63) is 60.4 Å². The molecule has 3 rings (SSSR count). The van der Waals surface area contributed by atoms with Gasteiger partial charge in [-0.3, -0.25) is 4.98 Å². The fourth-order valence-electron chi connectivity index (χ4n) is 4.01. The number of para-hydroxylation sites is 1. The maximum atomic E-state index is 11.6. The first-order valence-electron chi connectivity index (χ1n) is 9.60. The Hall–Kier alpha value is -1.87. The van der Waals surface area contributed by atoms with E-state index in [4.69, 9.17) is 4.74 Å². The number of pyridine rings is 1. The van der Waals surface area contributed by atoms with Crippen LogP contribution in [-0.4, -0.2) is 16.7 Å². The average molecular weight is 339 g/mol. The summed E-state index contributed by atoms with van der Waals surface area (Å²) < 4.78 is 5.78. The lowest BCUT2D eigenvalue weighted by molar-refractivity contribution is -0.0484. The highest BCUT2D eigenvalue weighted by molar-refractivity contribution is 5.21. The van der Waals surface area contributed by atoms with Crippen molar-refractivity contribution in [2.75, 3.05) is 6.61 Å². The molecule has 1 aliphatic carbocycles. The number of hydrogen-bond donors (Lipinski definition) is 1. The van der Waals surface area contributed by atoms with Crippen LogP contribution in [0.25, 0.3) is 0 Å². The van der Waals surface area contributed by atoms with Crippen LogP contribution in [0.5, 0.6) is 5.75 Å². The van der Waals surface area contributed by atoms with Crippen molar-refractivity contribution in [2.24, 2.45) is 5.92 Å². The van der Waals surface area contributed by atoms with E-state index in [1.807, 2.05) is 42.5 Å². The molecule has 0 amide bonds. The van der Waals surface area contributed by atoms with Crippen LogP contribution >= 0.6 is 0 Å². The molecule has 1 atom stereocenters. The van der Waals surface area contributed by atoms with Crippen LogP contribution in [0.2, 0.25) is 0 Å². The molecule has 0 saturated heterocycles. The molecule has 1 saturated carbocycles. The van der Waals surface area contributed by atoms with Gasteiger partial charge in [-0.2, -0.15) is 0 Å². The SMILES string of the molecule is OC(CCCCOc1ccccc1)(c1ccncc1)C1CCCCC1. The summed E-state index contributed by atoms with van der Waals surface area (Å²) in [7, 11) is 0. The van der Waals surface area contributed by atoms with Crippen LogP contribution in [0.1, 0.15) is 56.9 Å². The zero-order valence-corrected chi connectivity index (χ0v) is 14.9. The third kappa shape index (κ3) is 4.82. The Morgan fingerprint density at radius 2 is 1.68 bits per heavy atom. The summed E-state index contributed by atoms with van der Waals surface area (Å²) in [5, 5.41) is 11.6. The van der Waals surface area contributed by atoms with Crippen molar-refractivity contribution in [1.29, 1.82) is 0 Å². The van der Waals surface area contributed by atoms with Gasteiger partial charge >= 0.3 is 0 Å². The molecule has 0 aliphatic heterocycles. The predicted octanol–water partition coefficient (Wildman–Crippen LogP) is 5.10. The first-order valence-corrected chi connectivity index (χ1v) is 9.60. The van der Waals surface area contributed by atoms with Crippen molar-refractivity contribution in [1.82, 2.24) is 4.98 Å². The van der Waals surface area contributed by atoms with Gasteiger partial charge < -0.3 is 9.84 Å². The van der Waals surface area contributed by atoms with Crippen molar-refractivity contribution < 1.29 is 9.84 Å². The standard InChI is InChI=1S/C22H29NO2/c24-22(19-9-3-1-4-10-19,20-13-16-23-17-14-20)15-7-8-18-25-21-11-5-2-6-12-21/h2,5-6,11-14,16-17,19,24H,1,3-4,7-10,15,18H2. The topological polar surface area (TPSA) is 42.4 Å². The van der Waals surface area contributed by atoms with Gasteiger partial charge in [0.15, 0.2) is 0 Å². The van der Waals surface area contributed by atoms with Crippen molar-refractivity contribution in [3.63, 3.8) is 0 Å².